The summed E-state index contributed by atoms with van der Waals surface area (Å²) in [6, 6.07) is 4.41. The third kappa shape index (κ3) is 4.84. The number of hydrogen-bond acceptors (Lipinski definition) is 2. The summed E-state index contributed by atoms with van der Waals surface area (Å²) in [5, 5.41) is 12.8. The number of hydrogen-bond donors (Lipinski definition) is 2. The first-order chi connectivity index (χ1) is 8.00. The Hall–Kier alpha value is -0.930. The second-order valence-electron chi connectivity index (χ2n) is 3.84. The molecule has 1 unspecified atom stereocenters. The fourth-order valence-electron chi connectivity index (χ4n) is 1.38. The summed E-state index contributed by atoms with van der Waals surface area (Å²) in [6.07, 6.45) is 1.65. The topological polar surface area (TPSA) is 49.3 Å². The van der Waals surface area contributed by atoms with E-state index < -0.39 is 0 Å². The maximum atomic E-state index is 11.7. The van der Waals surface area contributed by atoms with Crippen LogP contribution in [0.4, 0.5) is 0 Å². The lowest BCUT2D eigenvalue weighted by molar-refractivity contribution is 0.0950. The van der Waals surface area contributed by atoms with E-state index in [1.54, 1.807) is 6.07 Å². The van der Waals surface area contributed by atoms with Gasteiger partial charge in [-0.15, -0.1) is 11.6 Å². The highest BCUT2D eigenvalue weighted by atomic mass is 35.5. The standard InChI is InChI=1S/C12H15Cl2NO2/c1-8(13)3-2-6-15-12(17)10-5-4-9(14)7-11(10)16/h4-5,7-8,16H,2-3,6H2,1H3,(H,15,17). The normalized spacial score (nSPS) is 12.2. The number of phenols is 1. The summed E-state index contributed by atoms with van der Waals surface area (Å²) in [5.41, 5.74) is 0.230. The molecule has 0 heterocycles. The monoisotopic (exact) mass is 275 g/mol. The van der Waals surface area contributed by atoms with E-state index in [0.29, 0.717) is 11.6 Å². The molecule has 1 rings (SSSR count). The third-order valence-corrected chi connectivity index (χ3v) is 2.72. The van der Waals surface area contributed by atoms with E-state index in [1.165, 1.54) is 12.1 Å². The molecule has 0 spiro atoms. The number of benzene rings is 1. The Balaban J connectivity index is 2.47. The second-order valence-corrected chi connectivity index (χ2v) is 5.02. The summed E-state index contributed by atoms with van der Waals surface area (Å²) < 4.78 is 0. The molecule has 1 aromatic carbocycles. The lowest BCUT2D eigenvalue weighted by atomic mass is 10.2. The van der Waals surface area contributed by atoms with Crippen molar-refractivity contribution in [3.63, 3.8) is 0 Å². The number of nitrogens with one attached hydrogen (secondary N) is 1. The lowest BCUT2D eigenvalue weighted by Crippen LogP contribution is -2.24. The zero-order valence-corrected chi connectivity index (χ0v) is 11.1. The molecule has 0 bridgehead atoms. The van der Waals surface area contributed by atoms with E-state index in [9.17, 15) is 9.90 Å². The van der Waals surface area contributed by atoms with Gasteiger partial charge in [-0.05, 0) is 38.0 Å². The van der Waals surface area contributed by atoms with E-state index in [1.807, 2.05) is 6.92 Å². The van der Waals surface area contributed by atoms with Gasteiger partial charge in [-0.2, -0.15) is 0 Å². The van der Waals surface area contributed by atoms with Gasteiger partial charge in [-0.3, -0.25) is 4.79 Å². The van der Waals surface area contributed by atoms with Crippen molar-refractivity contribution < 1.29 is 9.90 Å². The molecule has 0 aromatic heterocycles. The second kappa shape index (κ2) is 6.72. The van der Waals surface area contributed by atoms with Crippen LogP contribution < -0.4 is 5.32 Å². The maximum Gasteiger partial charge on any atom is 0.255 e. The van der Waals surface area contributed by atoms with Crippen molar-refractivity contribution in [1.29, 1.82) is 0 Å². The van der Waals surface area contributed by atoms with E-state index in [4.69, 9.17) is 23.2 Å². The summed E-state index contributed by atoms with van der Waals surface area (Å²) in [4.78, 5) is 11.7. The number of rotatable bonds is 5. The molecule has 94 valence electrons. The highest BCUT2D eigenvalue weighted by Crippen LogP contribution is 2.21. The molecular weight excluding hydrogens is 261 g/mol. The van der Waals surface area contributed by atoms with Gasteiger partial charge in [0.05, 0.1) is 5.56 Å². The summed E-state index contributed by atoms with van der Waals surface area (Å²) >= 11 is 11.5. The van der Waals surface area contributed by atoms with Crippen LogP contribution in [0.1, 0.15) is 30.1 Å². The average Bonchev–Trinajstić information content (AvgIpc) is 2.23. The van der Waals surface area contributed by atoms with E-state index in [2.05, 4.69) is 5.32 Å². The molecule has 1 atom stereocenters. The highest BCUT2D eigenvalue weighted by Gasteiger charge is 2.10. The van der Waals surface area contributed by atoms with Crippen molar-refractivity contribution in [2.24, 2.45) is 0 Å². The van der Waals surface area contributed by atoms with Crippen LogP contribution in [0.5, 0.6) is 5.75 Å². The zero-order valence-electron chi connectivity index (χ0n) is 9.54. The Morgan fingerprint density at radius 1 is 1.53 bits per heavy atom. The van der Waals surface area contributed by atoms with E-state index >= 15 is 0 Å². The number of alkyl halides is 1. The highest BCUT2D eigenvalue weighted by molar-refractivity contribution is 6.30. The first kappa shape index (κ1) is 14.1. The summed E-state index contributed by atoms with van der Waals surface area (Å²) in [5.74, 6) is -0.415. The number of halogens is 2. The Kier molecular flexibility index (Phi) is 5.59. The molecule has 17 heavy (non-hydrogen) atoms. The molecular formula is C12H15Cl2NO2. The van der Waals surface area contributed by atoms with Crippen LogP contribution in [0.15, 0.2) is 18.2 Å². The number of phenolic OH excluding ortho intramolecular Hbond substituents is 1. The van der Waals surface area contributed by atoms with Gasteiger partial charge < -0.3 is 10.4 Å². The quantitative estimate of drug-likeness (QED) is 0.641. The van der Waals surface area contributed by atoms with Gasteiger partial charge >= 0.3 is 0 Å². The molecule has 0 fully saturated rings. The first-order valence-electron chi connectivity index (χ1n) is 5.41. The maximum absolute atomic E-state index is 11.7. The minimum Gasteiger partial charge on any atom is -0.507 e. The Morgan fingerprint density at radius 2 is 2.24 bits per heavy atom. The van der Waals surface area contributed by atoms with Crippen molar-refractivity contribution in [3.05, 3.63) is 28.8 Å². The van der Waals surface area contributed by atoms with E-state index in [0.717, 1.165) is 12.8 Å². The van der Waals surface area contributed by atoms with Crippen LogP contribution in [0, 0.1) is 0 Å². The van der Waals surface area contributed by atoms with Crippen LogP contribution in [-0.4, -0.2) is 22.9 Å². The molecule has 1 aromatic rings. The molecule has 0 aliphatic heterocycles. The number of carbonyl (C=O) groups excluding carboxylic acids is 1. The van der Waals surface area contributed by atoms with Gasteiger partial charge in [0.2, 0.25) is 0 Å². The molecule has 0 saturated carbocycles. The van der Waals surface area contributed by atoms with Gasteiger partial charge in [-0.1, -0.05) is 11.6 Å². The minimum absolute atomic E-state index is 0.107. The Morgan fingerprint density at radius 3 is 2.82 bits per heavy atom. The SMILES string of the molecule is CC(Cl)CCCNC(=O)c1ccc(Cl)cc1O. The molecule has 0 radical (unpaired) electrons. The van der Waals surface area contributed by atoms with Crippen molar-refractivity contribution in [2.45, 2.75) is 25.1 Å². The predicted molar refractivity (Wildman–Crippen MR) is 70.0 cm³/mol. The smallest absolute Gasteiger partial charge is 0.255 e. The van der Waals surface area contributed by atoms with Gasteiger partial charge in [0, 0.05) is 16.9 Å². The molecule has 1 amide bonds. The molecule has 0 aliphatic carbocycles. The number of carbonyl (C=O) groups is 1. The largest absolute Gasteiger partial charge is 0.507 e. The number of aromatic hydroxyl groups is 1. The van der Waals surface area contributed by atoms with Crippen molar-refractivity contribution in [2.75, 3.05) is 6.54 Å². The molecule has 3 nitrogen and oxygen atoms in total. The first-order valence-corrected chi connectivity index (χ1v) is 6.23. The molecule has 0 aliphatic rings. The van der Waals surface area contributed by atoms with Crippen molar-refractivity contribution in [3.8, 4) is 5.75 Å². The fraction of sp³-hybridized carbons (Fsp3) is 0.417. The van der Waals surface area contributed by atoms with Gasteiger partial charge in [0.1, 0.15) is 5.75 Å². The number of amides is 1. The van der Waals surface area contributed by atoms with Gasteiger partial charge in [-0.25, -0.2) is 0 Å². The van der Waals surface area contributed by atoms with Crippen LogP contribution in [0.2, 0.25) is 5.02 Å². The van der Waals surface area contributed by atoms with Crippen molar-refractivity contribution in [1.82, 2.24) is 5.32 Å². The van der Waals surface area contributed by atoms with Crippen LogP contribution >= 0.6 is 23.2 Å². The molecule has 0 saturated heterocycles. The van der Waals surface area contributed by atoms with Crippen LogP contribution in [0.25, 0.3) is 0 Å². The summed E-state index contributed by atoms with van der Waals surface area (Å²) in [7, 11) is 0. The minimum atomic E-state index is -0.304. The lowest BCUT2D eigenvalue weighted by Gasteiger charge is -2.07. The van der Waals surface area contributed by atoms with Crippen LogP contribution in [0.3, 0.4) is 0 Å². The predicted octanol–water partition coefficient (Wildman–Crippen LogP) is 3.18. The van der Waals surface area contributed by atoms with Gasteiger partial charge in [0.25, 0.3) is 5.91 Å². The third-order valence-electron chi connectivity index (χ3n) is 2.27. The summed E-state index contributed by atoms with van der Waals surface area (Å²) in [6.45, 7) is 2.45. The van der Waals surface area contributed by atoms with Crippen molar-refractivity contribution >= 4 is 29.1 Å². The Bertz CT molecular complexity index is 394. The van der Waals surface area contributed by atoms with Gasteiger partial charge in [0.15, 0.2) is 0 Å². The Labute approximate surface area is 111 Å². The average molecular weight is 276 g/mol. The van der Waals surface area contributed by atoms with E-state index in [-0.39, 0.29) is 22.6 Å². The molecule has 2 N–H and O–H groups in total. The zero-order chi connectivity index (χ0) is 12.8. The fourth-order valence-corrected chi connectivity index (χ4v) is 1.70. The molecule has 5 heteroatoms. The van der Waals surface area contributed by atoms with Crippen LogP contribution in [-0.2, 0) is 0 Å².